The first kappa shape index (κ1) is 21.9. The van der Waals surface area contributed by atoms with E-state index in [0.29, 0.717) is 33.2 Å². The Hall–Kier alpha value is -2.95. The number of halogens is 1. The maximum Gasteiger partial charge on any atom is 0.260 e. The van der Waals surface area contributed by atoms with Gasteiger partial charge in [-0.2, -0.15) is 0 Å². The lowest BCUT2D eigenvalue weighted by Gasteiger charge is -2.29. The molecule has 0 bridgehead atoms. The summed E-state index contributed by atoms with van der Waals surface area (Å²) in [6, 6.07) is 15.0. The summed E-state index contributed by atoms with van der Waals surface area (Å²) in [4.78, 5) is 47.2. The fourth-order valence-electron chi connectivity index (χ4n) is 3.67. The molecular weight excluding hydrogens is 524 g/mol. The quantitative estimate of drug-likeness (QED) is 0.384. The lowest BCUT2D eigenvalue weighted by Crippen LogP contribution is -2.43. The zero-order valence-electron chi connectivity index (χ0n) is 17.1. The standard InChI is InChI=1S/C23H17BrN4O3S2/c24-14-7-5-13(6-8-14)15-10-33-23-21(15)22(31)26-18(27-23)11-32-12-20(30)28-9-19(29)25-16-3-1-2-4-17(16)28/h1-8,10H,9,11-12H2,(H,25,29)(H,26,27,31). The number of H-pyrrole nitrogens is 1. The molecule has 33 heavy (non-hydrogen) atoms. The number of hydrogen-bond donors (Lipinski definition) is 2. The molecule has 2 N–H and O–H groups in total. The van der Waals surface area contributed by atoms with Crippen molar-refractivity contribution < 1.29 is 9.59 Å². The Kier molecular flexibility index (Phi) is 6.05. The van der Waals surface area contributed by atoms with Gasteiger partial charge in [-0.15, -0.1) is 23.1 Å². The van der Waals surface area contributed by atoms with Crippen LogP contribution in [0.25, 0.3) is 21.3 Å². The predicted molar refractivity (Wildman–Crippen MR) is 137 cm³/mol. The second-order valence-electron chi connectivity index (χ2n) is 7.39. The second kappa shape index (κ2) is 9.12. The zero-order valence-corrected chi connectivity index (χ0v) is 20.4. The molecule has 166 valence electrons. The van der Waals surface area contributed by atoms with Crippen LogP contribution in [0.2, 0.25) is 0 Å². The van der Waals surface area contributed by atoms with Crippen LogP contribution in [-0.4, -0.2) is 34.1 Å². The molecule has 1 aliphatic rings. The van der Waals surface area contributed by atoms with Crippen LogP contribution in [0.3, 0.4) is 0 Å². The summed E-state index contributed by atoms with van der Waals surface area (Å²) in [5, 5.41) is 5.29. The van der Waals surface area contributed by atoms with Gasteiger partial charge in [-0.25, -0.2) is 4.98 Å². The second-order valence-corrected chi connectivity index (χ2v) is 10.1. The third-order valence-electron chi connectivity index (χ3n) is 5.18. The van der Waals surface area contributed by atoms with Crippen LogP contribution in [0, 0.1) is 0 Å². The molecule has 2 aromatic heterocycles. The molecular formula is C23H17BrN4O3S2. The molecule has 0 saturated heterocycles. The summed E-state index contributed by atoms with van der Waals surface area (Å²) >= 11 is 6.20. The average Bonchev–Trinajstić information content (AvgIpc) is 3.23. The summed E-state index contributed by atoms with van der Waals surface area (Å²) in [6.45, 7) is -0.00845. The summed E-state index contributed by atoms with van der Waals surface area (Å²) < 4.78 is 0.973. The monoisotopic (exact) mass is 540 g/mol. The van der Waals surface area contributed by atoms with E-state index in [1.54, 1.807) is 6.07 Å². The van der Waals surface area contributed by atoms with Gasteiger partial charge >= 0.3 is 0 Å². The maximum absolute atomic E-state index is 12.8. The molecule has 0 saturated carbocycles. The normalized spacial score (nSPS) is 13.1. The van der Waals surface area contributed by atoms with Gasteiger partial charge in [-0.1, -0.05) is 40.2 Å². The molecule has 1 aliphatic heterocycles. The van der Waals surface area contributed by atoms with Crippen molar-refractivity contribution in [3.05, 3.63) is 74.6 Å². The number of carbonyl (C=O) groups is 2. The van der Waals surface area contributed by atoms with E-state index in [1.807, 2.05) is 47.8 Å². The molecule has 10 heteroatoms. The number of fused-ring (bicyclic) bond motifs is 2. The number of thioether (sulfide) groups is 1. The van der Waals surface area contributed by atoms with Crippen LogP contribution >= 0.6 is 39.0 Å². The van der Waals surface area contributed by atoms with Gasteiger partial charge in [0.15, 0.2) is 0 Å². The lowest BCUT2D eigenvalue weighted by molar-refractivity contribution is -0.120. The van der Waals surface area contributed by atoms with E-state index in [0.717, 1.165) is 15.6 Å². The predicted octanol–water partition coefficient (Wildman–Crippen LogP) is 4.63. The van der Waals surface area contributed by atoms with Gasteiger partial charge in [0.1, 0.15) is 17.2 Å². The Morgan fingerprint density at radius 1 is 1.15 bits per heavy atom. The highest BCUT2D eigenvalue weighted by molar-refractivity contribution is 9.10. The average molecular weight is 541 g/mol. The smallest absolute Gasteiger partial charge is 0.260 e. The van der Waals surface area contributed by atoms with Crippen LogP contribution in [0.5, 0.6) is 0 Å². The Labute approximate surface area is 205 Å². The van der Waals surface area contributed by atoms with Crippen LogP contribution in [-0.2, 0) is 15.3 Å². The number of anilines is 2. The van der Waals surface area contributed by atoms with Crippen LogP contribution < -0.4 is 15.8 Å². The van der Waals surface area contributed by atoms with Crippen molar-refractivity contribution in [2.45, 2.75) is 5.75 Å². The molecule has 0 atom stereocenters. The number of benzene rings is 2. The van der Waals surface area contributed by atoms with Gasteiger partial charge in [-0.05, 0) is 29.8 Å². The van der Waals surface area contributed by atoms with Gasteiger partial charge in [0, 0.05) is 15.4 Å². The van der Waals surface area contributed by atoms with Crippen LogP contribution in [0.15, 0.2) is 63.2 Å². The zero-order chi connectivity index (χ0) is 22.9. The van der Waals surface area contributed by atoms with Gasteiger partial charge in [0.2, 0.25) is 11.8 Å². The minimum atomic E-state index is -0.220. The Balaban J connectivity index is 1.30. The van der Waals surface area contributed by atoms with E-state index < -0.39 is 0 Å². The van der Waals surface area contributed by atoms with E-state index >= 15 is 0 Å². The summed E-state index contributed by atoms with van der Waals surface area (Å²) in [5.74, 6) is 0.677. The Morgan fingerprint density at radius 2 is 1.94 bits per heavy atom. The van der Waals surface area contributed by atoms with Crippen LogP contribution in [0.4, 0.5) is 11.4 Å². The van der Waals surface area contributed by atoms with Gasteiger partial charge in [-0.3, -0.25) is 14.4 Å². The highest BCUT2D eigenvalue weighted by Gasteiger charge is 2.26. The minimum absolute atomic E-state index is 0.00845. The largest absolute Gasteiger partial charge is 0.323 e. The first-order valence-electron chi connectivity index (χ1n) is 10.0. The summed E-state index contributed by atoms with van der Waals surface area (Å²) in [6.07, 6.45) is 0. The summed E-state index contributed by atoms with van der Waals surface area (Å²) in [5.41, 5.74) is 2.93. The molecule has 0 fully saturated rings. The van der Waals surface area contributed by atoms with E-state index in [2.05, 4.69) is 31.2 Å². The van der Waals surface area contributed by atoms with E-state index in [1.165, 1.54) is 28.0 Å². The molecule has 2 aromatic carbocycles. The molecule has 7 nitrogen and oxygen atoms in total. The number of para-hydroxylation sites is 2. The molecule has 0 aliphatic carbocycles. The number of nitrogens with zero attached hydrogens (tertiary/aromatic N) is 2. The van der Waals surface area contributed by atoms with Gasteiger partial charge < -0.3 is 15.2 Å². The molecule has 0 unspecified atom stereocenters. The van der Waals surface area contributed by atoms with Crippen molar-refractivity contribution in [3.63, 3.8) is 0 Å². The molecule has 5 rings (SSSR count). The molecule has 4 aromatic rings. The number of aromatic nitrogens is 2. The van der Waals surface area contributed by atoms with Crippen molar-refractivity contribution in [1.29, 1.82) is 0 Å². The molecule has 0 spiro atoms. The number of carbonyl (C=O) groups excluding carboxylic acids is 2. The molecule has 3 heterocycles. The SMILES string of the molecule is O=C1CN(C(=O)CSCc2nc3scc(-c4ccc(Br)cc4)c3c(=O)[nH]2)c2ccccc2N1. The van der Waals surface area contributed by atoms with Crippen molar-refractivity contribution in [1.82, 2.24) is 9.97 Å². The third kappa shape index (κ3) is 4.46. The van der Waals surface area contributed by atoms with E-state index in [-0.39, 0.29) is 29.7 Å². The van der Waals surface area contributed by atoms with Crippen LogP contribution in [0.1, 0.15) is 5.82 Å². The van der Waals surface area contributed by atoms with E-state index in [4.69, 9.17) is 0 Å². The third-order valence-corrected chi connectivity index (χ3v) is 7.51. The number of rotatable bonds is 5. The Morgan fingerprint density at radius 3 is 2.76 bits per heavy atom. The Bertz CT molecular complexity index is 1430. The van der Waals surface area contributed by atoms with Crippen molar-refractivity contribution in [2.75, 3.05) is 22.5 Å². The first-order chi connectivity index (χ1) is 16.0. The minimum Gasteiger partial charge on any atom is -0.323 e. The number of hydrogen-bond acceptors (Lipinski definition) is 6. The first-order valence-corrected chi connectivity index (χ1v) is 12.9. The van der Waals surface area contributed by atoms with Crippen molar-refractivity contribution in [2.24, 2.45) is 0 Å². The van der Waals surface area contributed by atoms with Crippen molar-refractivity contribution >= 4 is 72.4 Å². The van der Waals surface area contributed by atoms with Gasteiger partial charge in [0.25, 0.3) is 5.56 Å². The lowest BCUT2D eigenvalue weighted by atomic mass is 10.1. The fourth-order valence-corrected chi connectivity index (χ4v) is 5.67. The van der Waals surface area contributed by atoms with Gasteiger partial charge in [0.05, 0.1) is 28.3 Å². The van der Waals surface area contributed by atoms with Crippen molar-refractivity contribution in [3.8, 4) is 11.1 Å². The number of nitrogens with one attached hydrogen (secondary N) is 2. The maximum atomic E-state index is 12.8. The number of aromatic amines is 1. The summed E-state index contributed by atoms with van der Waals surface area (Å²) in [7, 11) is 0. The molecule has 0 radical (unpaired) electrons. The highest BCUT2D eigenvalue weighted by Crippen LogP contribution is 2.32. The fraction of sp³-hybridized carbons (Fsp3) is 0.130. The highest BCUT2D eigenvalue weighted by atomic mass is 79.9. The number of amides is 2. The van der Waals surface area contributed by atoms with E-state index in [9.17, 15) is 14.4 Å². The topological polar surface area (TPSA) is 95.2 Å². The molecule has 2 amide bonds. The number of thiophene rings is 1.